The number of nitrogens with one attached hydrogen (secondary N) is 1. The van der Waals surface area contributed by atoms with Crippen LogP contribution >= 0.6 is 11.3 Å². The Labute approximate surface area is 108 Å². The highest BCUT2D eigenvalue weighted by Gasteiger charge is 2.18. The summed E-state index contributed by atoms with van der Waals surface area (Å²) in [6, 6.07) is 7.47. The fourth-order valence-corrected chi connectivity index (χ4v) is 2.64. The van der Waals surface area contributed by atoms with Crippen LogP contribution in [0.4, 0.5) is 5.69 Å². The number of ether oxygens (including phenoxy) is 1. The number of amides is 1. The molecule has 1 aromatic heterocycles. The number of carbonyl (C=O) groups excluding carboxylic acids is 1. The molecule has 0 aliphatic carbocycles. The van der Waals surface area contributed by atoms with Crippen LogP contribution in [0.3, 0.4) is 0 Å². The molecule has 0 radical (unpaired) electrons. The van der Waals surface area contributed by atoms with Crippen LogP contribution in [0.5, 0.6) is 5.75 Å². The second-order valence-electron chi connectivity index (χ2n) is 4.13. The SMILES string of the molecule is NC(c1ccsc1)c1ccc2c(c1)NC(=O)CO2. The molecule has 3 N–H and O–H groups in total. The van der Waals surface area contributed by atoms with Crippen LogP contribution in [-0.4, -0.2) is 12.5 Å². The highest BCUT2D eigenvalue weighted by molar-refractivity contribution is 7.08. The van der Waals surface area contributed by atoms with Crippen LogP contribution in [0.1, 0.15) is 17.2 Å². The van der Waals surface area contributed by atoms with Crippen LogP contribution in [0.15, 0.2) is 35.0 Å². The number of benzene rings is 1. The first-order valence-electron chi connectivity index (χ1n) is 5.58. The van der Waals surface area contributed by atoms with Gasteiger partial charge in [-0.25, -0.2) is 0 Å². The lowest BCUT2D eigenvalue weighted by atomic mass is 10.0. The maximum absolute atomic E-state index is 11.3. The van der Waals surface area contributed by atoms with Crippen molar-refractivity contribution < 1.29 is 9.53 Å². The summed E-state index contributed by atoms with van der Waals surface area (Å²) >= 11 is 1.62. The van der Waals surface area contributed by atoms with Crippen molar-refractivity contribution >= 4 is 22.9 Å². The normalized spacial score (nSPS) is 15.5. The number of hydrogen-bond donors (Lipinski definition) is 2. The molecule has 0 saturated carbocycles. The smallest absolute Gasteiger partial charge is 0.262 e. The highest BCUT2D eigenvalue weighted by atomic mass is 32.1. The van der Waals surface area contributed by atoms with Crippen LogP contribution in [0, 0.1) is 0 Å². The Balaban J connectivity index is 1.94. The van der Waals surface area contributed by atoms with Crippen molar-refractivity contribution in [3.8, 4) is 5.75 Å². The topological polar surface area (TPSA) is 64.3 Å². The number of rotatable bonds is 2. The van der Waals surface area contributed by atoms with Crippen LogP contribution in [-0.2, 0) is 4.79 Å². The molecule has 0 saturated heterocycles. The molecule has 5 heteroatoms. The first-order valence-corrected chi connectivity index (χ1v) is 6.52. The molecule has 1 atom stereocenters. The predicted octanol–water partition coefficient (Wildman–Crippen LogP) is 2.13. The number of fused-ring (bicyclic) bond motifs is 1. The fraction of sp³-hybridized carbons (Fsp3) is 0.154. The molecule has 1 aliphatic heterocycles. The monoisotopic (exact) mass is 260 g/mol. The summed E-state index contributed by atoms with van der Waals surface area (Å²) < 4.78 is 5.31. The van der Waals surface area contributed by atoms with Gasteiger partial charge in [-0.05, 0) is 40.1 Å². The van der Waals surface area contributed by atoms with Crippen molar-refractivity contribution in [3.05, 3.63) is 46.2 Å². The van der Waals surface area contributed by atoms with Crippen LogP contribution in [0.25, 0.3) is 0 Å². The third-order valence-corrected chi connectivity index (χ3v) is 3.60. The quantitative estimate of drug-likeness (QED) is 0.869. The third kappa shape index (κ3) is 1.98. The minimum absolute atomic E-state index is 0.0724. The molecule has 2 aromatic rings. The zero-order valence-electron chi connectivity index (χ0n) is 9.55. The fourth-order valence-electron chi connectivity index (χ4n) is 1.94. The van der Waals surface area contributed by atoms with Gasteiger partial charge in [-0.2, -0.15) is 11.3 Å². The van der Waals surface area contributed by atoms with Gasteiger partial charge in [-0.3, -0.25) is 4.79 Å². The summed E-state index contributed by atoms with van der Waals surface area (Å²) in [6.45, 7) is 0.0724. The van der Waals surface area contributed by atoms with Gasteiger partial charge in [0.15, 0.2) is 6.61 Å². The lowest BCUT2D eigenvalue weighted by Gasteiger charge is -2.20. The van der Waals surface area contributed by atoms with E-state index in [1.807, 2.05) is 35.0 Å². The van der Waals surface area contributed by atoms with E-state index in [4.69, 9.17) is 10.5 Å². The summed E-state index contributed by atoms with van der Waals surface area (Å²) in [6.07, 6.45) is 0. The number of carbonyl (C=O) groups is 1. The van der Waals surface area contributed by atoms with Gasteiger partial charge in [0.2, 0.25) is 0 Å². The van der Waals surface area contributed by atoms with Crippen LogP contribution in [0.2, 0.25) is 0 Å². The standard InChI is InChI=1S/C13H12N2O2S/c14-13(9-3-4-18-7-9)8-1-2-11-10(5-8)15-12(16)6-17-11/h1-5,7,13H,6,14H2,(H,15,16). The Kier molecular flexibility index (Phi) is 2.77. The van der Waals surface area contributed by atoms with Crippen molar-refractivity contribution in [3.63, 3.8) is 0 Å². The first-order chi connectivity index (χ1) is 8.74. The molecule has 1 aliphatic rings. The van der Waals surface area contributed by atoms with E-state index in [9.17, 15) is 4.79 Å². The summed E-state index contributed by atoms with van der Waals surface area (Å²) in [4.78, 5) is 11.3. The van der Waals surface area contributed by atoms with E-state index in [1.54, 1.807) is 11.3 Å². The van der Waals surface area contributed by atoms with Crippen molar-refractivity contribution in [1.82, 2.24) is 0 Å². The van der Waals surface area contributed by atoms with Crippen molar-refractivity contribution in [2.24, 2.45) is 5.73 Å². The second-order valence-corrected chi connectivity index (χ2v) is 4.91. The molecular weight excluding hydrogens is 248 g/mol. The Bertz CT molecular complexity index is 581. The van der Waals surface area contributed by atoms with Crippen molar-refractivity contribution in [2.75, 3.05) is 11.9 Å². The Hall–Kier alpha value is -1.85. The van der Waals surface area contributed by atoms with Crippen molar-refractivity contribution in [2.45, 2.75) is 6.04 Å². The summed E-state index contributed by atoms with van der Waals surface area (Å²) in [5, 5.41) is 6.81. The Morgan fingerprint density at radius 3 is 3.00 bits per heavy atom. The molecule has 0 spiro atoms. The Morgan fingerprint density at radius 2 is 2.22 bits per heavy atom. The van der Waals surface area contributed by atoms with Gasteiger partial charge in [0, 0.05) is 0 Å². The number of thiophene rings is 1. The van der Waals surface area contributed by atoms with E-state index >= 15 is 0 Å². The van der Waals surface area contributed by atoms with Crippen molar-refractivity contribution in [1.29, 1.82) is 0 Å². The molecule has 1 amide bonds. The molecule has 4 nitrogen and oxygen atoms in total. The number of hydrogen-bond acceptors (Lipinski definition) is 4. The Morgan fingerprint density at radius 1 is 1.33 bits per heavy atom. The van der Waals surface area contributed by atoms with E-state index < -0.39 is 0 Å². The van der Waals surface area contributed by atoms with E-state index in [1.165, 1.54) is 0 Å². The molecule has 0 fully saturated rings. The van der Waals surface area contributed by atoms with Gasteiger partial charge in [-0.1, -0.05) is 6.07 Å². The van der Waals surface area contributed by atoms with E-state index in [2.05, 4.69) is 5.32 Å². The largest absolute Gasteiger partial charge is 0.482 e. The zero-order valence-corrected chi connectivity index (χ0v) is 10.4. The average Bonchev–Trinajstić information content (AvgIpc) is 2.90. The van der Waals surface area contributed by atoms with E-state index in [0.717, 1.165) is 11.1 Å². The van der Waals surface area contributed by atoms with E-state index in [-0.39, 0.29) is 18.6 Å². The number of anilines is 1. The van der Waals surface area contributed by atoms with Gasteiger partial charge in [0.1, 0.15) is 5.75 Å². The maximum Gasteiger partial charge on any atom is 0.262 e. The first kappa shape index (κ1) is 11.3. The average molecular weight is 260 g/mol. The number of nitrogens with two attached hydrogens (primary N) is 1. The summed E-state index contributed by atoms with van der Waals surface area (Å²) in [5.74, 6) is 0.555. The van der Waals surface area contributed by atoms with Crippen LogP contribution < -0.4 is 15.8 Å². The second kappa shape index (κ2) is 4.44. The third-order valence-electron chi connectivity index (χ3n) is 2.90. The lowest BCUT2D eigenvalue weighted by molar-refractivity contribution is -0.118. The molecular formula is C13H12N2O2S. The summed E-state index contributed by atoms with van der Waals surface area (Å²) in [7, 11) is 0. The molecule has 0 bridgehead atoms. The predicted molar refractivity (Wildman–Crippen MR) is 70.9 cm³/mol. The lowest BCUT2D eigenvalue weighted by Crippen LogP contribution is -2.25. The molecule has 1 unspecified atom stereocenters. The minimum Gasteiger partial charge on any atom is -0.482 e. The van der Waals surface area contributed by atoms with Gasteiger partial charge in [0.25, 0.3) is 5.91 Å². The molecule has 92 valence electrons. The highest BCUT2D eigenvalue weighted by Crippen LogP contribution is 2.32. The van der Waals surface area contributed by atoms with Gasteiger partial charge in [-0.15, -0.1) is 0 Å². The van der Waals surface area contributed by atoms with Gasteiger partial charge in [0.05, 0.1) is 11.7 Å². The van der Waals surface area contributed by atoms with Gasteiger partial charge < -0.3 is 15.8 Å². The minimum atomic E-state index is -0.180. The molecule has 18 heavy (non-hydrogen) atoms. The summed E-state index contributed by atoms with van der Waals surface area (Å²) in [5.41, 5.74) is 8.90. The maximum atomic E-state index is 11.3. The molecule has 2 heterocycles. The zero-order chi connectivity index (χ0) is 12.5. The van der Waals surface area contributed by atoms with Gasteiger partial charge >= 0.3 is 0 Å². The molecule has 1 aromatic carbocycles. The van der Waals surface area contributed by atoms with E-state index in [0.29, 0.717) is 11.4 Å². The molecule has 3 rings (SSSR count).